The number of hydrogen-bond acceptors (Lipinski definition) is 1. The lowest BCUT2D eigenvalue weighted by molar-refractivity contribution is -0.290. The van der Waals surface area contributed by atoms with Gasteiger partial charge in [-0.3, -0.25) is 0 Å². The second-order valence-electron chi connectivity index (χ2n) is 3.30. The molecule has 92 valence electrons. The zero-order valence-corrected chi connectivity index (χ0v) is 8.34. The van der Waals surface area contributed by atoms with Crippen molar-refractivity contribution >= 4 is 0 Å². The fraction of sp³-hybridized carbons (Fsp3) is 1.00. The minimum absolute atomic E-state index is 0.129. The Labute approximate surface area is 83.8 Å². The van der Waals surface area contributed by atoms with Crippen LogP contribution in [-0.2, 0) is 0 Å². The van der Waals surface area contributed by atoms with E-state index in [-0.39, 0.29) is 6.54 Å². The molecule has 0 saturated carbocycles. The van der Waals surface area contributed by atoms with Crippen molar-refractivity contribution in [1.29, 1.82) is 0 Å². The summed E-state index contributed by atoms with van der Waals surface area (Å²) in [4.78, 5) is 0. The number of nitrogens with one attached hydrogen (secondary N) is 1. The van der Waals surface area contributed by atoms with Gasteiger partial charge in [-0.25, -0.2) is 0 Å². The summed E-state index contributed by atoms with van der Waals surface area (Å²) in [5.74, 6) is -3.31. The molecular formula is C8H13F6N. The van der Waals surface area contributed by atoms with Crippen molar-refractivity contribution < 1.29 is 26.3 Å². The Hall–Kier alpha value is -0.460. The van der Waals surface area contributed by atoms with E-state index in [1.54, 1.807) is 6.92 Å². The molecule has 0 fully saturated rings. The normalized spacial score (nSPS) is 15.8. The van der Waals surface area contributed by atoms with E-state index < -0.39 is 24.3 Å². The van der Waals surface area contributed by atoms with Crippen LogP contribution in [-0.4, -0.2) is 24.9 Å². The van der Waals surface area contributed by atoms with E-state index in [4.69, 9.17) is 0 Å². The lowest BCUT2D eigenvalue weighted by Crippen LogP contribution is -2.49. The maximum atomic E-state index is 12.1. The quantitative estimate of drug-likeness (QED) is 0.741. The Morgan fingerprint density at radius 2 is 1.40 bits per heavy atom. The van der Waals surface area contributed by atoms with Gasteiger partial charge in [0.25, 0.3) is 0 Å². The third kappa shape index (κ3) is 4.72. The van der Waals surface area contributed by atoms with Crippen LogP contribution in [0.4, 0.5) is 26.3 Å². The van der Waals surface area contributed by atoms with E-state index in [9.17, 15) is 26.3 Å². The second kappa shape index (κ2) is 5.05. The summed E-state index contributed by atoms with van der Waals surface area (Å²) in [5.41, 5.74) is 0. The summed E-state index contributed by atoms with van der Waals surface area (Å²) >= 11 is 0. The number of alkyl halides is 6. The molecule has 0 saturated heterocycles. The van der Waals surface area contributed by atoms with Crippen molar-refractivity contribution in [3.63, 3.8) is 0 Å². The standard InChI is InChI=1S/C8H13F6N/c1-3-4-15-5(2)6(7(9,10)11)8(12,13)14/h5-6,15H,3-4H2,1-2H3. The van der Waals surface area contributed by atoms with Crippen LogP contribution in [0.15, 0.2) is 0 Å². The number of halogens is 6. The van der Waals surface area contributed by atoms with Gasteiger partial charge in [-0.2, -0.15) is 26.3 Å². The van der Waals surface area contributed by atoms with Crippen LogP contribution >= 0.6 is 0 Å². The lowest BCUT2D eigenvalue weighted by atomic mass is 10.00. The van der Waals surface area contributed by atoms with Crippen molar-refractivity contribution in [3.05, 3.63) is 0 Å². The highest BCUT2D eigenvalue weighted by Crippen LogP contribution is 2.41. The molecular weight excluding hydrogens is 224 g/mol. The molecule has 0 radical (unpaired) electrons. The molecule has 0 heterocycles. The third-order valence-corrected chi connectivity index (χ3v) is 1.92. The molecule has 0 aliphatic heterocycles. The van der Waals surface area contributed by atoms with E-state index in [0.717, 1.165) is 6.92 Å². The first-order chi connectivity index (χ1) is 6.60. The smallest absolute Gasteiger partial charge is 0.313 e. The third-order valence-electron chi connectivity index (χ3n) is 1.92. The zero-order valence-electron chi connectivity index (χ0n) is 8.34. The molecule has 0 aliphatic carbocycles. The molecule has 1 atom stereocenters. The van der Waals surface area contributed by atoms with E-state index in [0.29, 0.717) is 6.42 Å². The van der Waals surface area contributed by atoms with Gasteiger partial charge in [0.1, 0.15) is 0 Å². The summed E-state index contributed by atoms with van der Waals surface area (Å²) < 4.78 is 72.8. The van der Waals surface area contributed by atoms with Gasteiger partial charge in [-0.05, 0) is 19.9 Å². The Balaban J connectivity index is 4.65. The molecule has 0 bridgehead atoms. The predicted molar refractivity (Wildman–Crippen MR) is 43.4 cm³/mol. The van der Waals surface area contributed by atoms with Gasteiger partial charge in [0.2, 0.25) is 0 Å². The molecule has 0 aliphatic rings. The summed E-state index contributed by atoms with van der Waals surface area (Å²) in [6.45, 7) is 2.68. The molecule has 0 amide bonds. The first-order valence-corrected chi connectivity index (χ1v) is 4.47. The zero-order chi connectivity index (χ0) is 12.3. The summed E-state index contributed by atoms with van der Waals surface area (Å²) in [7, 11) is 0. The van der Waals surface area contributed by atoms with Crippen LogP contribution in [0.1, 0.15) is 20.3 Å². The van der Waals surface area contributed by atoms with E-state index in [1.807, 2.05) is 0 Å². The summed E-state index contributed by atoms with van der Waals surface area (Å²) in [5, 5.41) is 2.21. The largest absolute Gasteiger partial charge is 0.401 e. The fourth-order valence-electron chi connectivity index (χ4n) is 1.24. The highest BCUT2D eigenvalue weighted by molar-refractivity contribution is 4.84. The van der Waals surface area contributed by atoms with Gasteiger partial charge in [-0.15, -0.1) is 0 Å². The van der Waals surface area contributed by atoms with E-state index >= 15 is 0 Å². The molecule has 0 aromatic carbocycles. The SMILES string of the molecule is CCCNC(C)C(C(F)(F)F)C(F)(F)F. The molecule has 0 aromatic rings. The van der Waals surface area contributed by atoms with Gasteiger partial charge in [0, 0.05) is 6.04 Å². The fourth-order valence-corrected chi connectivity index (χ4v) is 1.24. The number of rotatable bonds is 4. The van der Waals surface area contributed by atoms with Crippen molar-refractivity contribution in [2.24, 2.45) is 5.92 Å². The molecule has 0 spiro atoms. The Morgan fingerprint density at radius 3 is 1.67 bits per heavy atom. The molecule has 0 aromatic heterocycles. The molecule has 1 nitrogen and oxygen atoms in total. The van der Waals surface area contributed by atoms with Crippen LogP contribution in [0.25, 0.3) is 0 Å². The first-order valence-electron chi connectivity index (χ1n) is 4.47. The molecule has 0 rings (SSSR count). The highest BCUT2D eigenvalue weighted by Gasteiger charge is 2.58. The lowest BCUT2D eigenvalue weighted by Gasteiger charge is -2.28. The predicted octanol–water partition coefficient (Wildman–Crippen LogP) is 3.12. The highest BCUT2D eigenvalue weighted by atomic mass is 19.4. The Bertz CT molecular complexity index is 171. The van der Waals surface area contributed by atoms with Crippen molar-refractivity contribution in [1.82, 2.24) is 5.32 Å². The van der Waals surface area contributed by atoms with Crippen molar-refractivity contribution in [3.8, 4) is 0 Å². The topological polar surface area (TPSA) is 12.0 Å². The maximum Gasteiger partial charge on any atom is 0.401 e. The average Bonchev–Trinajstić information content (AvgIpc) is 1.94. The Morgan fingerprint density at radius 1 is 1.00 bits per heavy atom. The van der Waals surface area contributed by atoms with Crippen LogP contribution in [0, 0.1) is 5.92 Å². The van der Waals surface area contributed by atoms with Gasteiger partial charge < -0.3 is 5.32 Å². The van der Waals surface area contributed by atoms with Gasteiger partial charge in [0.05, 0.1) is 0 Å². The second-order valence-corrected chi connectivity index (χ2v) is 3.30. The first kappa shape index (κ1) is 14.5. The van der Waals surface area contributed by atoms with Crippen LogP contribution < -0.4 is 5.32 Å². The molecule has 15 heavy (non-hydrogen) atoms. The van der Waals surface area contributed by atoms with Gasteiger partial charge in [-0.1, -0.05) is 6.92 Å². The van der Waals surface area contributed by atoms with Gasteiger partial charge >= 0.3 is 12.4 Å². The number of hydrogen-bond donors (Lipinski definition) is 1. The Kier molecular flexibility index (Phi) is 4.89. The van der Waals surface area contributed by atoms with Crippen LogP contribution in [0.3, 0.4) is 0 Å². The van der Waals surface area contributed by atoms with Gasteiger partial charge in [0.15, 0.2) is 5.92 Å². The summed E-state index contributed by atoms with van der Waals surface area (Å²) in [6.07, 6.45) is -10.1. The maximum absolute atomic E-state index is 12.1. The minimum Gasteiger partial charge on any atom is -0.313 e. The van der Waals surface area contributed by atoms with Crippen LogP contribution in [0.5, 0.6) is 0 Å². The molecule has 7 heteroatoms. The van der Waals surface area contributed by atoms with E-state index in [2.05, 4.69) is 5.32 Å². The van der Waals surface area contributed by atoms with Crippen LogP contribution in [0.2, 0.25) is 0 Å². The summed E-state index contributed by atoms with van der Waals surface area (Å²) in [6, 6.07) is -1.66. The molecule has 1 unspecified atom stereocenters. The molecule has 1 N–H and O–H groups in total. The minimum atomic E-state index is -5.27. The van der Waals surface area contributed by atoms with Crippen molar-refractivity contribution in [2.45, 2.75) is 38.7 Å². The van der Waals surface area contributed by atoms with Crippen molar-refractivity contribution in [2.75, 3.05) is 6.54 Å². The van der Waals surface area contributed by atoms with E-state index in [1.165, 1.54) is 0 Å². The average molecular weight is 237 g/mol. The monoisotopic (exact) mass is 237 g/mol.